The molecule has 2 heterocycles. The summed E-state index contributed by atoms with van der Waals surface area (Å²) in [5.41, 5.74) is 4.10. The molecule has 0 aliphatic heterocycles. The molecule has 0 bridgehead atoms. The van der Waals surface area contributed by atoms with E-state index < -0.39 is 0 Å². The molecule has 0 radical (unpaired) electrons. The third-order valence-corrected chi connectivity index (χ3v) is 7.39. The molecule has 8 heteroatoms. The summed E-state index contributed by atoms with van der Waals surface area (Å²) in [6.45, 7) is 0.447. The van der Waals surface area contributed by atoms with Crippen LogP contribution in [0.3, 0.4) is 0 Å². The Kier molecular flexibility index (Phi) is 8.21. The monoisotopic (exact) mass is 532 g/mol. The number of aromatic nitrogens is 2. The maximum atomic E-state index is 13.6. The van der Waals surface area contributed by atoms with Gasteiger partial charge < -0.3 is 15.2 Å². The minimum atomic E-state index is -0.129. The third kappa shape index (κ3) is 6.38. The Labute approximate surface area is 233 Å². The lowest BCUT2D eigenvalue weighted by atomic mass is 9.89. The fraction of sp³-hybridized carbons (Fsp3) is 0.250. The number of aryl methyl sites for hydroxylation is 1. The van der Waals surface area contributed by atoms with Crippen molar-refractivity contribution in [3.8, 4) is 17.2 Å². The lowest BCUT2D eigenvalue weighted by Gasteiger charge is -2.37. The number of anilines is 2. The van der Waals surface area contributed by atoms with Crippen molar-refractivity contribution >= 4 is 17.5 Å². The largest absolute Gasteiger partial charge is 0.367 e. The number of hydrogen-bond acceptors (Lipinski definition) is 5. The van der Waals surface area contributed by atoms with Crippen molar-refractivity contribution in [3.05, 3.63) is 113 Å². The van der Waals surface area contributed by atoms with E-state index in [1.165, 1.54) is 0 Å². The van der Waals surface area contributed by atoms with Gasteiger partial charge in [0, 0.05) is 49.8 Å². The van der Waals surface area contributed by atoms with Gasteiger partial charge in [0.25, 0.3) is 5.56 Å². The number of urea groups is 1. The smallest absolute Gasteiger partial charge is 0.322 e. The van der Waals surface area contributed by atoms with E-state index in [9.17, 15) is 9.59 Å². The molecule has 40 heavy (non-hydrogen) atoms. The first-order chi connectivity index (χ1) is 19.5. The van der Waals surface area contributed by atoms with E-state index >= 15 is 0 Å². The Morgan fingerprint density at radius 3 is 2.40 bits per heavy atom. The number of amides is 2. The molecule has 202 valence electrons. The molecular formula is C32H32N6O2. The molecule has 8 nitrogen and oxygen atoms in total. The fourth-order valence-corrected chi connectivity index (χ4v) is 5.13. The van der Waals surface area contributed by atoms with Gasteiger partial charge in [0.05, 0.1) is 5.56 Å². The molecule has 2 aromatic carbocycles. The lowest BCUT2D eigenvalue weighted by molar-refractivity contribution is 0.240. The maximum Gasteiger partial charge on any atom is 0.322 e. The molecule has 0 unspecified atom stereocenters. The summed E-state index contributed by atoms with van der Waals surface area (Å²) in [5.74, 6) is 0.756. The van der Waals surface area contributed by atoms with Crippen molar-refractivity contribution in [3.63, 3.8) is 0 Å². The average molecular weight is 533 g/mol. The molecule has 1 aliphatic carbocycles. The van der Waals surface area contributed by atoms with Gasteiger partial charge >= 0.3 is 6.03 Å². The molecule has 4 aromatic rings. The van der Waals surface area contributed by atoms with Crippen molar-refractivity contribution in [1.82, 2.24) is 14.9 Å². The SMILES string of the molecule is Cn1ccc(-c2ccc(N(C(=O)NCc3ccccc3)C3CCC(Nc4ccc(C#N)cn4)CC3)cc2)cc1=O. The highest BCUT2D eigenvalue weighted by Gasteiger charge is 2.30. The highest BCUT2D eigenvalue weighted by Crippen LogP contribution is 2.31. The van der Waals surface area contributed by atoms with Crippen molar-refractivity contribution in [2.75, 3.05) is 10.2 Å². The van der Waals surface area contributed by atoms with Crippen LogP contribution >= 0.6 is 0 Å². The molecular weight excluding hydrogens is 500 g/mol. The lowest BCUT2D eigenvalue weighted by Crippen LogP contribution is -2.48. The van der Waals surface area contributed by atoms with Gasteiger partial charge in [0.1, 0.15) is 11.9 Å². The Bertz CT molecular complexity index is 1530. The summed E-state index contributed by atoms with van der Waals surface area (Å²) in [6, 6.07) is 27.1. The topological polar surface area (TPSA) is 103 Å². The number of rotatable bonds is 7. The molecule has 5 rings (SSSR count). The van der Waals surface area contributed by atoms with Gasteiger partial charge in [-0.3, -0.25) is 9.69 Å². The van der Waals surface area contributed by atoms with Crippen LogP contribution in [0.4, 0.5) is 16.3 Å². The zero-order valence-electron chi connectivity index (χ0n) is 22.5. The van der Waals surface area contributed by atoms with Crippen molar-refractivity contribution in [2.45, 2.75) is 44.3 Å². The van der Waals surface area contributed by atoms with Gasteiger partial charge in [-0.15, -0.1) is 0 Å². The number of nitrogens with one attached hydrogen (secondary N) is 2. The predicted octanol–water partition coefficient (Wildman–Crippen LogP) is 5.46. The van der Waals surface area contributed by atoms with Crippen LogP contribution in [0.2, 0.25) is 0 Å². The van der Waals surface area contributed by atoms with E-state index in [1.54, 1.807) is 36.1 Å². The molecule has 2 amide bonds. The Morgan fingerprint density at radius 1 is 1.00 bits per heavy atom. The molecule has 1 fully saturated rings. The zero-order chi connectivity index (χ0) is 27.9. The molecule has 0 spiro atoms. The van der Waals surface area contributed by atoms with Crippen molar-refractivity contribution in [1.29, 1.82) is 5.26 Å². The van der Waals surface area contributed by atoms with Crippen LogP contribution in [-0.2, 0) is 13.6 Å². The van der Waals surface area contributed by atoms with Gasteiger partial charge in [-0.25, -0.2) is 9.78 Å². The predicted molar refractivity (Wildman–Crippen MR) is 157 cm³/mol. The van der Waals surface area contributed by atoms with E-state index in [1.807, 2.05) is 71.6 Å². The number of carbonyl (C=O) groups is 1. The summed E-state index contributed by atoms with van der Waals surface area (Å²) in [6.07, 6.45) is 6.78. The quantitative estimate of drug-likeness (QED) is 0.329. The second-order valence-corrected chi connectivity index (χ2v) is 10.1. The Balaban J connectivity index is 1.31. The van der Waals surface area contributed by atoms with E-state index in [0.29, 0.717) is 12.1 Å². The number of benzene rings is 2. The summed E-state index contributed by atoms with van der Waals surface area (Å²) in [7, 11) is 1.73. The number of hydrogen-bond donors (Lipinski definition) is 2. The molecule has 1 saturated carbocycles. The first-order valence-electron chi connectivity index (χ1n) is 13.5. The van der Waals surface area contributed by atoms with Gasteiger partial charge in [-0.2, -0.15) is 5.26 Å². The van der Waals surface area contributed by atoms with E-state index in [4.69, 9.17) is 5.26 Å². The van der Waals surface area contributed by atoms with Crippen LogP contribution in [0.5, 0.6) is 0 Å². The number of carbonyl (C=O) groups excluding carboxylic acids is 1. The van der Waals surface area contributed by atoms with Gasteiger partial charge in [0.2, 0.25) is 0 Å². The van der Waals surface area contributed by atoms with Crippen LogP contribution < -0.4 is 21.1 Å². The summed E-state index contributed by atoms with van der Waals surface area (Å²) in [5, 5.41) is 15.6. The number of nitriles is 1. The maximum absolute atomic E-state index is 13.6. The van der Waals surface area contributed by atoms with E-state index in [2.05, 4.69) is 21.7 Å². The normalized spacial score (nSPS) is 16.5. The van der Waals surface area contributed by atoms with E-state index in [-0.39, 0.29) is 23.7 Å². The number of pyridine rings is 2. The van der Waals surface area contributed by atoms with Crippen LogP contribution in [0.25, 0.3) is 11.1 Å². The van der Waals surface area contributed by atoms with Gasteiger partial charge in [-0.1, -0.05) is 42.5 Å². The van der Waals surface area contributed by atoms with Gasteiger partial charge in [0.15, 0.2) is 0 Å². The molecule has 0 atom stereocenters. The van der Waals surface area contributed by atoms with Crippen LogP contribution in [0.1, 0.15) is 36.8 Å². The van der Waals surface area contributed by atoms with E-state index in [0.717, 1.165) is 53.9 Å². The molecule has 2 N–H and O–H groups in total. The van der Waals surface area contributed by atoms with Crippen molar-refractivity contribution in [2.24, 2.45) is 7.05 Å². The molecule has 2 aromatic heterocycles. The summed E-state index contributed by atoms with van der Waals surface area (Å²) in [4.78, 5) is 32.0. The average Bonchev–Trinajstić information content (AvgIpc) is 3.00. The third-order valence-electron chi connectivity index (χ3n) is 7.39. The standard InChI is InChI=1S/C32H32N6O2/c1-37-18-17-26(19-31(37)39)25-8-12-28(13-9-25)38(32(40)35-21-23-5-3-2-4-6-23)29-14-10-27(11-15-29)36-30-16-7-24(20-33)22-34-30/h2-9,12-13,16-19,22,27,29H,10-11,14-15,21H2,1H3,(H,34,36)(H,35,40). The minimum absolute atomic E-state index is 0.0395. The highest BCUT2D eigenvalue weighted by atomic mass is 16.2. The fourth-order valence-electron chi connectivity index (χ4n) is 5.13. The van der Waals surface area contributed by atoms with Gasteiger partial charge in [-0.05, 0) is 72.7 Å². The zero-order valence-corrected chi connectivity index (χ0v) is 22.5. The van der Waals surface area contributed by atoms with Crippen LogP contribution in [0, 0.1) is 11.3 Å². The Morgan fingerprint density at radius 2 is 1.75 bits per heavy atom. The summed E-state index contributed by atoms with van der Waals surface area (Å²) >= 11 is 0. The first kappa shape index (κ1) is 26.7. The molecule has 0 saturated heterocycles. The van der Waals surface area contributed by atoms with Crippen molar-refractivity contribution < 1.29 is 4.79 Å². The van der Waals surface area contributed by atoms with Crippen LogP contribution in [-0.4, -0.2) is 27.7 Å². The summed E-state index contributed by atoms with van der Waals surface area (Å²) < 4.78 is 1.54. The second-order valence-electron chi connectivity index (χ2n) is 10.1. The molecule has 1 aliphatic rings. The minimum Gasteiger partial charge on any atom is -0.367 e. The first-order valence-corrected chi connectivity index (χ1v) is 13.5. The number of nitrogens with zero attached hydrogens (tertiary/aromatic N) is 4. The Hall–Kier alpha value is -4.90. The second kappa shape index (κ2) is 12.3. The highest BCUT2D eigenvalue weighted by molar-refractivity contribution is 5.93. The van der Waals surface area contributed by atoms with Crippen LogP contribution in [0.15, 0.2) is 96.1 Å².